The zero-order valence-electron chi connectivity index (χ0n) is 19.4. The number of nitrogens with one attached hydrogen (secondary N) is 2. The second kappa shape index (κ2) is 11.9. The second-order valence-electron chi connectivity index (χ2n) is 7.58. The lowest BCUT2D eigenvalue weighted by molar-refractivity contribution is -0.143. The van der Waals surface area contributed by atoms with Gasteiger partial charge in [0.2, 0.25) is 6.17 Å². The number of carbonyl (C=O) groups excluding carboxylic acids is 2. The van der Waals surface area contributed by atoms with Crippen LogP contribution >= 0.6 is 23.8 Å². The number of aliphatic imine (C=N–C) groups is 1. The molecule has 0 spiro atoms. The monoisotopic (exact) mass is 501 g/mol. The first-order valence-electron chi connectivity index (χ1n) is 10.9. The van der Waals surface area contributed by atoms with Gasteiger partial charge in [0.1, 0.15) is 6.54 Å². The maximum absolute atomic E-state index is 13.4. The molecule has 0 aromatic heterocycles. The maximum atomic E-state index is 13.4. The molecule has 0 fully saturated rings. The lowest BCUT2D eigenvalue weighted by atomic mass is 10.0. The summed E-state index contributed by atoms with van der Waals surface area (Å²) in [4.78, 5) is 33.5. The van der Waals surface area contributed by atoms with Gasteiger partial charge in [-0.2, -0.15) is 0 Å². The molecule has 0 saturated heterocycles. The summed E-state index contributed by atoms with van der Waals surface area (Å²) in [5.41, 5.74) is 2.88. The van der Waals surface area contributed by atoms with Crippen LogP contribution in [0.4, 0.5) is 5.69 Å². The van der Waals surface area contributed by atoms with E-state index in [1.54, 1.807) is 37.1 Å². The number of rotatable bonds is 8. The van der Waals surface area contributed by atoms with Crippen LogP contribution in [0.3, 0.4) is 0 Å². The molecule has 3 rings (SSSR count). The van der Waals surface area contributed by atoms with E-state index in [-0.39, 0.29) is 24.2 Å². The third-order valence-electron chi connectivity index (χ3n) is 5.25. The molecule has 1 amide bonds. The van der Waals surface area contributed by atoms with Gasteiger partial charge in [-0.15, -0.1) is 0 Å². The van der Waals surface area contributed by atoms with Crippen molar-refractivity contribution in [3.63, 3.8) is 0 Å². The molecule has 0 saturated carbocycles. The Bertz CT molecular complexity index is 1080. The minimum atomic E-state index is -1.00. The molecule has 2 N–H and O–H groups in total. The van der Waals surface area contributed by atoms with Crippen molar-refractivity contribution in [3.05, 3.63) is 64.7 Å². The molecule has 1 atom stereocenters. The van der Waals surface area contributed by atoms with E-state index in [4.69, 9.17) is 33.5 Å². The molecule has 1 aliphatic rings. The van der Waals surface area contributed by atoms with Crippen LogP contribution in [0, 0.1) is 0 Å². The van der Waals surface area contributed by atoms with Crippen molar-refractivity contribution >= 4 is 52.2 Å². The molecule has 34 heavy (non-hydrogen) atoms. The Morgan fingerprint density at radius 2 is 2.00 bits per heavy atom. The third-order valence-corrected chi connectivity index (χ3v) is 5.86. The van der Waals surface area contributed by atoms with Crippen LogP contribution in [0.15, 0.2) is 53.5 Å². The highest BCUT2D eigenvalue weighted by Gasteiger charge is 2.31. The standard InChI is InChI=1S/C24H28ClN5O3S/c1-4-33-20(31)15-30(13-12-26-2)24(34)28-22-23(32)29(3)19-11-10-17(25)14-18(19)21(27-22)16-8-6-5-7-9-16/h5-11,14,22,26H,4,12-13,15H2,1-3H3,(H,28,34). The number of ether oxygens (including phenoxy) is 1. The van der Waals surface area contributed by atoms with Gasteiger partial charge in [0, 0.05) is 36.3 Å². The zero-order valence-corrected chi connectivity index (χ0v) is 20.9. The van der Waals surface area contributed by atoms with E-state index < -0.39 is 12.1 Å². The molecule has 10 heteroatoms. The maximum Gasteiger partial charge on any atom is 0.325 e. The SMILES string of the molecule is CCOC(=O)CN(CCNC)C(=S)NC1N=C(c2ccccc2)c2cc(Cl)ccc2N(C)C1=O. The number of thiocarbonyl (C=S) groups is 1. The number of amides is 1. The van der Waals surface area contributed by atoms with Crippen LogP contribution in [0.1, 0.15) is 18.1 Å². The number of anilines is 1. The molecule has 1 unspecified atom stereocenters. The fourth-order valence-corrected chi connectivity index (χ4v) is 3.98. The van der Waals surface area contributed by atoms with Crippen LogP contribution in [0.25, 0.3) is 0 Å². The fourth-order valence-electron chi connectivity index (χ4n) is 3.54. The molecule has 2 aromatic carbocycles. The normalized spacial score (nSPS) is 15.2. The van der Waals surface area contributed by atoms with Crippen molar-refractivity contribution in [2.75, 3.05) is 45.2 Å². The molecule has 8 nitrogen and oxygen atoms in total. The summed E-state index contributed by atoms with van der Waals surface area (Å²) in [5.74, 6) is -0.691. The number of likely N-dealkylation sites (N-methyl/N-ethyl adjacent to an activating group) is 2. The van der Waals surface area contributed by atoms with Gasteiger partial charge in [0.15, 0.2) is 5.11 Å². The fraction of sp³-hybridized carbons (Fsp3) is 0.333. The first-order valence-corrected chi connectivity index (χ1v) is 11.7. The van der Waals surface area contributed by atoms with E-state index in [0.717, 1.165) is 11.1 Å². The predicted molar refractivity (Wildman–Crippen MR) is 139 cm³/mol. The number of benzene rings is 2. The van der Waals surface area contributed by atoms with E-state index in [2.05, 4.69) is 10.6 Å². The van der Waals surface area contributed by atoms with Gasteiger partial charge >= 0.3 is 5.97 Å². The van der Waals surface area contributed by atoms with Gasteiger partial charge in [-0.05, 0) is 44.4 Å². The van der Waals surface area contributed by atoms with Crippen LogP contribution < -0.4 is 15.5 Å². The molecule has 0 bridgehead atoms. The number of benzodiazepines with no additional fused rings is 1. The van der Waals surface area contributed by atoms with Crippen molar-refractivity contribution in [3.8, 4) is 0 Å². The molecule has 180 valence electrons. The summed E-state index contributed by atoms with van der Waals surface area (Å²) in [5, 5.41) is 6.86. The van der Waals surface area contributed by atoms with Crippen LogP contribution in [0.5, 0.6) is 0 Å². The zero-order chi connectivity index (χ0) is 24.7. The molecular formula is C24H28ClN5O3S. The van der Waals surface area contributed by atoms with Crippen LogP contribution in [-0.4, -0.2) is 74.1 Å². The van der Waals surface area contributed by atoms with E-state index in [9.17, 15) is 9.59 Å². The third kappa shape index (κ3) is 6.11. The Kier molecular flexibility index (Phi) is 8.98. The highest BCUT2D eigenvalue weighted by atomic mass is 35.5. The van der Waals surface area contributed by atoms with Gasteiger partial charge in [0.05, 0.1) is 18.0 Å². The number of hydrogen-bond donors (Lipinski definition) is 2. The lowest BCUT2D eigenvalue weighted by Gasteiger charge is -2.27. The number of hydrogen-bond acceptors (Lipinski definition) is 6. The van der Waals surface area contributed by atoms with Gasteiger partial charge in [0.25, 0.3) is 5.91 Å². The summed E-state index contributed by atoms with van der Waals surface area (Å²) < 4.78 is 5.08. The number of esters is 1. The Morgan fingerprint density at radius 3 is 2.68 bits per heavy atom. The first-order chi connectivity index (χ1) is 16.3. The molecule has 0 radical (unpaired) electrons. The number of nitrogens with zero attached hydrogens (tertiary/aromatic N) is 3. The second-order valence-corrected chi connectivity index (χ2v) is 8.41. The predicted octanol–water partition coefficient (Wildman–Crippen LogP) is 2.44. The molecule has 0 aliphatic carbocycles. The van der Waals surface area contributed by atoms with Gasteiger partial charge in [-0.3, -0.25) is 9.59 Å². The van der Waals surface area contributed by atoms with E-state index >= 15 is 0 Å². The Balaban J connectivity index is 1.98. The minimum absolute atomic E-state index is 0.0385. The molecule has 1 aliphatic heterocycles. The van der Waals surface area contributed by atoms with Crippen LogP contribution in [-0.2, 0) is 14.3 Å². The van der Waals surface area contributed by atoms with Gasteiger partial charge in [-0.25, -0.2) is 4.99 Å². The van der Waals surface area contributed by atoms with Crippen molar-refractivity contribution in [2.24, 2.45) is 4.99 Å². The quantitative estimate of drug-likeness (QED) is 0.424. The molecule has 2 aromatic rings. The van der Waals surface area contributed by atoms with E-state index in [0.29, 0.717) is 29.5 Å². The van der Waals surface area contributed by atoms with Crippen molar-refractivity contribution in [1.29, 1.82) is 0 Å². The number of fused-ring (bicyclic) bond motifs is 1. The topological polar surface area (TPSA) is 86.3 Å². The average Bonchev–Trinajstić information content (AvgIpc) is 2.92. The smallest absolute Gasteiger partial charge is 0.325 e. The van der Waals surface area contributed by atoms with Gasteiger partial charge in [-0.1, -0.05) is 41.9 Å². The molecule has 1 heterocycles. The lowest BCUT2D eigenvalue weighted by Crippen LogP contribution is -2.52. The summed E-state index contributed by atoms with van der Waals surface area (Å²) in [6.07, 6.45) is -1.00. The van der Waals surface area contributed by atoms with Crippen molar-refractivity contribution in [1.82, 2.24) is 15.5 Å². The van der Waals surface area contributed by atoms with E-state index in [1.807, 2.05) is 37.4 Å². The molecular weight excluding hydrogens is 474 g/mol. The van der Waals surface area contributed by atoms with E-state index in [1.165, 1.54) is 4.90 Å². The number of carbonyl (C=O) groups is 2. The summed E-state index contributed by atoms with van der Waals surface area (Å²) in [6, 6.07) is 14.9. The minimum Gasteiger partial charge on any atom is -0.465 e. The first kappa shape index (κ1) is 25.6. The number of halogens is 1. The highest BCUT2D eigenvalue weighted by Crippen LogP contribution is 2.29. The summed E-state index contributed by atoms with van der Waals surface area (Å²) in [6.45, 7) is 3.01. The summed E-state index contributed by atoms with van der Waals surface area (Å²) >= 11 is 11.9. The van der Waals surface area contributed by atoms with Crippen molar-refractivity contribution < 1.29 is 14.3 Å². The highest BCUT2D eigenvalue weighted by molar-refractivity contribution is 7.80. The Hall–Kier alpha value is -3.01. The Morgan fingerprint density at radius 1 is 1.26 bits per heavy atom. The average molecular weight is 502 g/mol. The van der Waals surface area contributed by atoms with Crippen LogP contribution in [0.2, 0.25) is 5.02 Å². The Labute approximate surface area is 209 Å². The van der Waals surface area contributed by atoms with Crippen molar-refractivity contribution in [2.45, 2.75) is 13.1 Å². The summed E-state index contributed by atoms with van der Waals surface area (Å²) in [7, 11) is 3.50. The largest absolute Gasteiger partial charge is 0.465 e. The van der Waals surface area contributed by atoms with Gasteiger partial charge < -0.3 is 25.2 Å².